The van der Waals surface area contributed by atoms with Gasteiger partial charge < -0.3 is 9.80 Å². The van der Waals surface area contributed by atoms with Gasteiger partial charge in [-0.25, -0.2) is 5.84 Å². The Morgan fingerprint density at radius 1 is 0.737 bits per heavy atom. The largest absolute Gasteiger partial charge is 0.341 e. The van der Waals surface area contributed by atoms with E-state index in [1.807, 2.05) is 0 Å². The Morgan fingerprint density at radius 2 is 1.05 bits per heavy atom. The SMILES string of the molecule is CCN(CC)c1nc(N(C)N)nc(N(CC)CC)n1. The number of anilines is 3. The van der Waals surface area contributed by atoms with Gasteiger partial charge in [0.1, 0.15) is 0 Å². The lowest BCUT2D eigenvalue weighted by molar-refractivity contribution is 0.766. The van der Waals surface area contributed by atoms with Crippen molar-refractivity contribution in [3.05, 3.63) is 0 Å². The highest BCUT2D eigenvalue weighted by atomic mass is 15.5. The average Bonchev–Trinajstić information content (AvgIpc) is 2.41. The molecule has 0 bridgehead atoms. The molecule has 0 aromatic carbocycles. The molecule has 1 aromatic heterocycles. The number of hydrogen-bond acceptors (Lipinski definition) is 7. The van der Waals surface area contributed by atoms with Crippen LogP contribution in [0.4, 0.5) is 17.8 Å². The molecule has 1 aromatic rings. The molecule has 1 rings (SSSR count). The van der Waals surface area contributed by atoms with Crippen molar-refractivity contribution in [1.29, 1.82) is 0 Å². The summed E-state index contributed by atoms with van der Waals surface area (Å²) in [5, 5.41) is 1.42. The third-order valence-corrected chi connectivity index (χ3v) is 3.01. The van der Waals surface area contributed by atoms with E-state index in [2.05, 4.69) is 52.4 Å². The average molecular weight is 267 g/mol. The van der Waals surface area contributed by atoms with Crippen molar-refractivity contribution in [2.75, 3.05) is 48.0 Å². The molecule has 19 heavy (non-hydrogen) atoms. The monoisotopic (exact) mass is 267 g/mol. The molecule has 108 valence electrons. The smallest absolute Gasteiger partial charge is 0.246 e. The molecule has 1 heterocycles. The van der Waals surface area contributed by atoms with Gasteiger partial charge in [0.15, 0.2) is 0 Å². The van der Waals surface area contributed by atoms with Gasteiger partial charge in [-0.2, -0.15) is 15.0 Å². The van der Waals surface area contributed by atoms with Gasteiger partial charge in [0.25, 0.3) is 0 Å². The minimum absolute atomic E-state index is 0.485. The molecule has 2 N–H and O–H groups in total. The van der Waals surface area contributed by atoms with E-state index in [0.717, 1.165) is 26.2 Å². The van der Waals surface area contributed by atoms with Gasteiger partial charge in [-0.15, -0.1) is 0 Å². The highest BCUT2D eigenvalue weighted by molar-refractivity contribution is 5.45. The van der Waals surface area contributed by atoms with E-state index in [0.29, 0.717) is 17.8 Å². The second-order valence-corrected chi connectivity index (χ2v) is 4.19. The maximum Gasteiger partial charge on any atom is 0.246 e. The second kappa shape index (κ2) is 7.08. The Balaban J connectivity index is 3.24. The van der Waals surface area contributed by atoms with Crippen LogP contribution in [0.1, 0.15) is 27.7 Å². The summed E-state index contributed by atoms with van der Waals surface area (Å²) in [4.78, 5) is 17.5. The number of nitrogens with two attached hydrogens (primary N) is 1. The van der Waals surface area contributed by atoms with E-state index in [-0.39, 0.29) is 0 Å². The van der Waals surface area contributed by atoms with Gasteiger partial charge in [0, 0.05) is 33.2 Å². The predicted molar refractivity (Wildman–Crippen MR) is 79.5 cm³/mol. The summed E-state index contributed by atoms with van der Waals surface area (Å²) in [5.41, 5.74) is 0. The first-order valence-corrected chi connectivity index (χ1v) is 6.81. The Labute approximate surface area is 115 Å². The van der Waals surface area contributed by atoms with Crippen molar-refractivity contribution in [2.24, 2.45) is 5.84 Å². The molecule has 0 spiro atoms. The van der Waals surface area contributed by atoms with E-state index in [1.54, 1.807) is 7.05 Å². The van der Waals surface area contributed by atoms with Gasteiger partial charge >= 0.3 is 0 Å². The fourth-order valence-electron chi connectivity index (χ4n) is 1.80. The number of nitrogens with zero attached hydrogens (tertiary/aromatic N) is 6. The van der Waals surface area contributed by atoms with Crippen LogP contribution in [0, 0.1) is 0 Å². The van der Waals surface area contributed by atoms with E-state index in [9.17, 15) is 0 Å². The number of hydrogen-bond donors (Lipinski definition) is 1. The summed E-state index contributed by atoms with van der Waals surface area (Å²) in [6, 6.07) is 0. The number of hydrazine groups is 1. The first-order valence-electron chi connectivity index (χ1n) is 6.81. The Hall–Kier alpha value is -1.63. The Kier molecular flexibility index (Phi) is 5.75. The van der Waals surface area contributed by atoms with E-state index < -0.39 is 0 Å². The molecule has 0 radical (unpaired) electrons. The zero-order chi connectivity index (χ0) is 14.4. The summed E-state index contributed by atoms with van der Waals surface area (Å²) in [6.45, 7) is 11.7. The van der Waals surface area contributed by atoms with Crippen LogP contribution >= 0.6 is 0 Å². The molecule has 7 heteroatoms. The van der Waals surface area contributed by atoms with Crippen molar-refractivity contribution >= 4 is 17.8 Å². The first-order chi connectivity index (χ1) is 9.07. The molecular weight excluding hydrogens is 242 g/mol. The highest BCUT2D eigenvalue weighted by Crippen LogP contribution is 2.17. The lowest BCUT2D eigenvalue weighted by Gasteiger charge is -2.24. The topological polar surface area (TPSA) is 74.4 Å². The minimum atomic E-state index is 0.485. The Bertz CT molecular complexity index is 355. The van der Waals surface area contributed by atoms with Crippen LogP contribution in [0.5, 0.6) is 0 Å². The Morgan fingerprint density at radius 3 is 1.32 bits per heavy atom. The van der Waals surface area contributed by atoms with Crippen LogP contribution in [0.15, 0.2) is 0 Å². The summed E-state index contributed by atoms with van der Waals surface area (Å²) in [7, 11) is 1.73. The fraction of sp³-hybridized carbons (Fsp3) is 0.750. The third kappa shape index (κ3) is 3.66. The normalized spacial score (nSPS) is 10.4. The van der Waals surface area contributed by atoms with Gasteiger partial charge in [0.05, 0.1) is 0 Å². The zero-order valence-corrected chi connectivity index (χ0v) is 12.6. The predicted octanol–water partition coefficient (Wildman–Crippen LogP) is 0.874. The fourth-order valence-corrected chi connectivity index (χ4v) is 1.80. The van der Waals surface area contributed by atoms with Gasteiger partial charge in [0.2, 0.25) is 17.8 Å². The van der Waals surface area contributed by atoms with Crippen LogP contribution < -0.4 is 20.7 Å². The van der Waals surface area contributed by atoms with E-state index in [4.69, 9.17) is 5.84 Å². The van der Waals surface area contributed by atoms with Crippen molar-refractivity contribution in [3.8, 4) is 0 Å². The summed E-state index contributed by atoms with van der Waals surface area (Å²) in [6.07, 6.45) is 0. The molecule has 0 saturated carbocycles. The molecule has 0 fully saturated rings. The number of rotatable bonds is 7. The third-order valence-electron chi connectivity index (χ3n) is 3.01. The minimum Gasteiger partial charge on any atom is -0.341 e. The van der Waals surface area contributed by atoms with Crippen LogP contribution in [0.25, 0.3) is 0 Å². The summed E-state index contributed by atoms with van der Waals surface area (Å²) >= 11 is 0. The molecule has 0 aliphatic carbocycles. The lowest BCUT2D eigenvalue weighted by Crippen LogP contribution is -2.32. The molecule has 7 nitrogen and oxygen atoms in total. The zero-order valence-electron chi connectivity index (χ0n) is 12.6. The summed E-state index contributed by atoms with van der Waals surface area (Å²) < 4.78 is 0. The van der Waals surface area contributed by atoms with Gasteiger partial charge in [-0.1, -0.05) is 0 Å². The van der Waals surface area contributed by atoms with Crippen LogP contribution in [-0.2, 0) is 0 Å². The molecule has 0 unspecified atom stereocenters. The summed E-state index contributed by atoms with van der Waals surface area (Å²) in [5.74, 6) is 7.60. The van der Waals surface area contributed by atoms with Crippen LogP contribution in [-0.4, -0.2) is 48.2 Å². The first kappa shape index (κ1) is 15.4. The van der Waals surface area contributed by atoms with E-state index >= 15 is 0 Å². The van der Waals surface area contributed by atoms with Crippen molar-refractivity contribution < 1.29 is 0 Å². The second-order valence-electron chi connectivity index (χ2n) is 4.19. The number of aromatic nitrogens is 3. The van der Waals surface area contributed by atoms with Crippen molar-refractivity contribution in [1.82, 2.24) is 15.0 Å². The quantitative estimate of drug-likeness (QED) is 0.580. The van der Waals surface area contributed by atoms with Gasteiger partial charge in [-0.05, 0) is 27.7 Å². The van der Waals surface area contributed by atoms with Crippen molar-refractivity contribution in [3.63, 3.8) is 0 Å². The molecule has 0 aliphatic rings. The standard InChI is InChI=1S/C12H25N7/c1-6-18(7-2)11-14-10(17(5)13)15-12(16-11)19(8-3)9-4/h6-9,13H2,1-5H3. The molecule has 0 saturated heterocycles. The van der Waals surface area contributed by atoms with Crippen LogP contribution in [0.3, 0.4) is 0 Å². The lowest BCUT2D eigenvalue weighted by atomic mass is 10.5. The highest BCUT2D eigenvalue weighted by Gasteiger charge is 2.15. The molecular formula is C12H25N7. The van der Waals surface area contributed by atoms with E-state index in [1.165, 1.54) is 5.01 Å². The van der Waals surface area contributed by atoms with Crippen LogP contribution in [0.2, 0.25) is 0 Å². The maximum atomic E-state index is 5.76. The maximum absolute atomic E-state index is 5.76. The van der Waals surface area contributed by atoms with Gasteiger partial charge in [-0.3, -0.25) is 5.01 Å². The molecule has 0 amide bonds. The van der Waals surface area contributed by atoms with Crippen molar-refractivity contribution in [2.45, 2.75) is 27.7 Å². The molecule has 0 atom stereocenters. The molecule has 0 aliphatic heterocycles.